The SMILES string of the molecule is CCCN(Cc1ccc(CCC(F)(F)C(F)(F)C(F)(F)C(F)(F)C(F)(F)C(F)(F)C(F)(F)C(F)(F)C(F)(F)C(F)(F)F)cc1)N=Nc1ccc(/C=C/c2sc(/C=C/c3ccc(/C=C/c4ccc([N+](=O)[O-])cc4)cc3)c3c2OCCO3)cc1C(F)(F)F. The van der Waals surface area contributed by atoms with E-state index in [2.05, 4.69) is 10.3 Å². The van der Waals surface area contributed by atoms with Crippen molar-refractivity contribution in [3.8, 4) is 11.5 Å². The third-order valence-electron chi connectivity index (χ3n) is 12.6. The zero-order valence-electron chi connectivity index (χ0n) is 43.0. The summed E-state index contributed by atoms with van der Waals surface area (Å²) in [4.78, 5) is 11.5. The molecule has 0 N–H and O–H groups in total. The second kappa shape index (κ2) is 24.4. The molecule has 0 saturated heterocycles. The Morgan fingerprint density at radius 1 is 0.523 bits per heavy atom. The second-order valence-corrected chi connectivity index (χ2v) is 19.8. The van der Waals surface area contributed by atoms with Crippen LogP contribution in [0.3, 0.4) is 0 Å². The van der Waals surface area contributed by atoms with E-state index in [0.29, 0.717) is 21.3 Å². The number of alkyl halides is 24. The highest BCUT2D eigenvalue weighted by Crippen LogP contribution is 2.66. The molecule has 5 aromatic rings. The molecule has 1 aliphatic rings. The first-order valence-corrected chi connectivity index (χ1v) is 25.0. The number of non-ortho nitro benzene ring substituents is 1. The van der Waals surface area contributed by atoms with Crippen LogP contribution in [0, 0.1) is 10.1 Å². The Morgan fingerprint density at radius 2 is 0.919 bits per heavy atom. The highest BCUT2D eigenvalue weighted by molar-refractivity contribution is 7.14. The molecule has 1 aromatic heterocycles. The lowest BCUT2D eigenvalue weighted by molar-refractivity contribution is -0.474. The number of ether oxygens (including phenoxy) is 2. The predicted octanol–water partition coefficient (Wildman–Crippen LogP) is 19.1. The fourth-order valence-corrected chi connectivity index (χ4v) is 8.74. The molecule has 33 heteroatoms. The van der Waals surface area contributed by atoms with Gasteiger partial charge >= 0.3 is 65.7 Å². The lowest BCUT2D eigenvalue weighted by Gasteiger charge is -2.44. The Hall–Kier alpha value is -7.48. The third kappa shape index (κ3) is 13.1. The van der Waals surface area contributed by atoms with Crippen LogP contribution in [0.25, 0.3) is 36.5 Å². The van der Waals surface area contributed by atoms with Crippen LogP contribution in [0.1, 0.15) is 68.5 Å². The summed E-state index contributed by atoms with van der Waals surface area (Å²) in [5, 5.41) is 19.6. The average Bonchev–Trinajstić information content (AvgIpc) is 0.804. The minimum absolute atomic E-state index is 0.0370. The number of hydrogen-bond donors (Lipinski definition) is 0. The van der Waals surface area contributed by atoms with Gasteiger partial charge in [0, 0.05) is 25.1 Å². The van der Waals surface area contributed by atoms with Gasteiger partial charge in [-0.15, -0.1) is 16.5 Å². The van der Waals surface area contributed by atoms with Crippen LogP contribution >= 0.6 is 11.3 Å². The van der Waals surface area contributed by atoms with Crippen molar-refractivity contribution in [2.45, 2.75) is 98.4 Å². The highest BCUT2D eigenvalue weighted by Gasteiger charge is 2.97. The average molecular weight is 1280 g/mol. The molecule has 0 unspecified atom stereocenters. The van der Waals surface area contributed by atoms with Crippen LogP contribution in [-0.2, 0) is 19.1 Å². The van der Waals surface area contributed by atoms with Gasteiger partial charge in [-0.3, -0.25) is 15.1 Å². The Labute approximate surface area is 472 Å². The van der Waals surface area contributed by atoms with Gasteiger partial charge in [-0.25, -0.2) is 0 Å². The molecular formula is C53H38F24N4O4S. The number of halogens is 24. The molecule has 2 heterocycles. The fraction of sp³-hybridized carbons (Fsp3) is 0.358. The van der Waals surface area contributed by atoms with Crippen molar-refractivity contribution >= 4 is 59.2 Å². The zero-order valence-corrected chi connectivity index (χ0v) is 43.8. The van der Waals surface area contributed by atoms with E-state index in [-0.39, 0.29) is 49.5 Å². The van der Waals surface area contributed by atoms with E-state index in [1.54, 1.807) is 37.3 Å². The molecule has 4 aromatic carbocycles. The lowest BCUT2D eigenvalue weighted by Crippen LogP contribution is -2.76. The van der Waals surface area contributed by atoms with Crippen molar-refractivity contribution in [3.63, 3.8) is 0 Å². The molecule has 0 aliphatic carbocycles. The van der Waals surface area contributed by atoms with Gasteiger partial charge in [-0.2, -0.15) is 105 Å². The van der Waals surface area contributed by atoms with Gasteiger partial charge in [-0.05, 0) is 82.6 Å². The predicted molar refractivity (Wildman–Crippen MR) is 264 cm³/mol. The van der Waals surface area contributed by atoms with Crippen LogP contribution < -0.4 is 9.47 Å². The summed E-state index contributed by atoms with van der Waals surface area (Å²) < 4.78 is 346. The maximum Gasteiger partial charge on any atom is 0.460 e. The van der Waals surface area contributed by atoms with E-state index in [0.717, 1.165) is 58.1 Å². The smallest absolute Gasteiger partial charge is 0.460 e. The Kier molecular flexibility index (Phi) is 19.2. The number of nitrogens with zero attached hydrogens (tertiary/aromatic N) is 4. The summed E-state index contributed by atoms with van der Waals surface area (Å²) >= 11 is 1.21. The number of hydrogen-bond acceptors (Lipinski definition) is 7. The number of rotatable bonds is 24. The number of nitro groups is 1. The molecule has 1 aliphatic heterocycles. The zero-order chi connectivity index (χ0) is 64.5. The van der Waals surface area contributed by atoms with Gasteiger partial charge in [0.25, 0.3) is 5.69 Å². The lowest BCUT2D eigenvalue weighted by atomic mass is 9.85. The third-order valence-corrected chi connectivity index (χ3v) is 13.7. The quantitative estimate of drug-likeness (QED) is 0.0202. The first-order chi connectivity index (χ1) is 39.5. The monoisotopic (exact) mass is 1280 g/mol. The first kappa shape index (κ1) is 67.6. The molecular weight excluding hydrogens is 1240 g/mol. The number of nitro benzene ring substituents is 1. The van der Waals surface area contributed by atoms with Crippen molar-refractivity contribution in [3.05, 3.63) is 150 Å². The van der Waals surface area contributed by atoms with Crippen molar-refractivity contribution in [2.75, 3.05) is 19.8 Å². The molecule has 86 heavy (non-hydrogen) atoms. The summed E-state index contributed by atoms with van der Waals surface area (Å²) in [6, 6.07) is 19.8. The first-order valence-electron chi connectivity index (χ1n) is 24.2. The Morgan fingerprint density at radius 3 is 1.35 bits per heavy atom. The Balaban J connectivity index is 1.12. The van der Waals surface area contributed by atoms with Crippen LogP contribution in [0.4, 0.5) is 117 Å². The van der Waals surface area contributed by atoms with E-state index >= 15 is 0 Å². The van der Waals surface area contributed by atoms with Crippen LogP contribution in [0.15, 0.2) is 101 Å². The number of thiophene rings is 1. The van der Waals surface area contributed by atoms with Crippen LogP contribution in [-0.4, -0.2) is 89.2 Å². The fourth-order valence-electron chi connectivity index (χ4n) is 7.74. The summed E-state index contributed by atoms with van der Waals surface area (Å²) in [7, 11) is 0. The minimum atomic E-state index is -9.27. The van der Waals surface area contributed by atoms with E-state index in [1.165, 1.54) is 41.7 Å². The van der Waals surface area contributed by atoms with Gasteiger partial charge in [0.1, 0.15) is 13.2 Å². The molecule has 8 nitrogen and oxygen atoms in total. The van der Waals surface area contributed by atoms with E-state index in [1.807, 2.05) is 30.3 Å². The van der Waals surface area contributed by atoms with Crippen molar-refractivity contribution in [2.24, 2.45) is 10.3 Å². The number of benzene rings is 4. The molecule has 0 saturated carbocycles. The van der Waals surface area contributed by atoms with Gasteiger partial charge in [0.15, 0.2) is 11.5 Å². The van der Waals surface area contributed by atoms with Crippen molar-refractivity contribution in [1.82, 2.24) is 5.01 Å². The normalized spacial score (nSPS) is 14.8. The molecule has 468 valence electrons. The summed E-state index contributed by atoms with van der Waals surface area (Å²) in [6.45, 7) is 1.53. The topological polar surface area (TPSA) is 89.6 Å². The van der Waals surface area contributed by atoms with Gasteiger partial charge < -0.3 is 9.47 Å². The number of aryl methyl sites for hydroxylation is 1. The summed E-state index contributed by atoms with van der Waals surface area (Å²) in [6.07, 6.45) is -7.30. The van der Waals surface area contributed by atoms with Gasteiger partial charge in [0.05, 0.1) is 32.5 Å². The highest BCUT2D eigenvalue weighted by atomic mass is 32.1. The van der Waals surface area contributed by atoms with E-state index in [9.17, 15) is 115 Å². The van der Waals surface area contributed by atoms with Gasteiger partial charge in [0.2, 0.25) is 0 Å². The van der Waals surface area contributed by atoms with Gasteiger partial charge in [-0.1, -0.05) is 91.0 Å². The maximum absolute atomic E-state index is 14.7. The molecule has 0 fully saturated rings. The maximum atomic E-state index is 14.7. The van der Waals surface area contributed by atoms with Crippen LogP contribution in [0.2, 0.25) is 0 Å². The minimum Gasteiger partial charge on any atom is -0.485 e. The summed E-state index contributed by atoms with van der Waals surface area (Å²) in [5.74, 6) is -77.1. The molecule has 0 atom stereocenters. The molecule has 6 rings (SSSR count). The molecule has 0 spiro atoms. The Bertz CT molecular complexity index is 3320. The van der Waals surface area contributed by atoms with E-state index < -0.39 is 100 Å². The molecule has 0 amide bonds. The number of fused-ring (bicyclic) bond motifs is 1. The second-order valence-electron chi connectivity index (χ2n) is 18.7. The standard InChI is InChI=1S/C53H38F24N4O4S/c1-2-25-80(29-35-11-9-33(10-12-35)23-24-43(54,55)45(59,60)46(61,62)47(63,64)48(65,66)49(67,68)50(69,70)51(71,72)52(73,74)53(75,76)77)79-78-38-20-15-34(28-37(38)44(56,57)58)17-22-40-42-41(84-26-27-85-42)39(86-40)21-16-31-6-3-30(4-7-31)5-8-32-13-18-36(19-14-32)81(82)83/h3-22,28H,2,23-27,29H2,1H3/b8-5+,21-16+,22-17+,79-78?. The molecule has 0 bridgehead atoms. The van der Waals surface area contributed by atoms with E-state index in [4.69, 9.17) is 9.47 Å². The summed E-state index contributed by atoms with van der Waals surface area (Å²) in [5.41, 5.74) is -0.138. The molecule has 0 radical (unpaired) electrons. The largest absolute Gasteiger partial charge is 0.485 e. The van der Waals surface area contributed by atoms with Crippen molar-refractivity contribution < 1.29 is 120 Å². The van der Waals surface area contributed by atoms with Crippen LogP contribution in [0.5, 0.6) is 11.5 Å². The van der Waals surface area contributed by atoms with Crippen molar-refractivity contribution in [1.29, 1.82) is 0 Å².